The van der Waals surface area contributed by atoms with Gasteiger partial charge < -0.3 is 14.8 Å². The molecule has 0 aromatic heterocycles. The molecular formula is C13H12N2O3. The predicted octanol–water partition coefficient (Wildman–Crippen LogP) is 1.26. The average Bonchev–Trinajstić information content (AvgIpc) is 2.90. The molecule has 5 heteroatoms. The van der Waals surface area contributed by atoms with Gasteiger partial charge in [-0.25, -0.2) is 4.79 Å². The summed E-state index contributed by atoms with van der Waals surface area (Å²) in [7, 11) is 1.23. The molecule has 1 heterocycles. The first kappa shape index (κ1) is 12.0. The second-order valence-electron chi connectivity index (χ2n) is 3.71. The lowest BCUT2D eigenvalue weighted by Gasteiger charge is -2.09. The maximum Gasteiger partial charge on any atom is 0.354 e. The number of nitriles is 1. The summed E-state index contributed by atoms with van der Waals surface area (Å²) in [6.45, 7) is 0.515. The lowest BCUT2D eigenvalue weighted by Crippen LogP contribution is -2.13. The van der Waals surface area contributed by atoms with E-state index >= 15 is 0 Å². The molecule has 0 bridgehead atoms. The molecule has 0 saturated carbocycles. The van der Waals surface area contributed by atoms with Crippen LogP contribution in [0.15, 0.2) is 41.8 Å². The van der Waals surface area contributed by atoms with E-state index < -0.39 is 5.97 Å². The van der Waals surface area contributed by atoms with E-state index in [0.717, 1.165) is 5.56 Å². The van der Waals surface area contributed by atoms with Gasteiger partial charge in [-0.2, -0.15) is 5.26 Å². The van der Waals surface area contributed by atoms with Crippen LogP contribution in [-0.4, -0.2) is 19.6 Å². The van der Waals surface area contributed by atoms with Crippen molar-refractivity contribution < 1.29 is 14.3 Å². The van der Waals surface area contributed by atoms with Crippen LogP contribution in [0.5, 0.6) is 0 Å². The van der Waals surface area contributed by atoms with Crippen LogP contribution in [0.1, 0.15) is 11.7 Å². The van der Waals surface area contributed by atoms with Crippen molar-refractivity contribution in [1.82, 2.24) is 5.32 Å². The molecule has 1 aromatic rings. The molecule has 18 heavy (non-hydrogen) atoms. The van der Waals surface area contributed by atoms with Gasteiger partial charge in [0.15, 0.2) is 5.57 Å². The molecule has 1 saturated heterocycles. The number of rotatable bonds is 2. The molecule has 5 nitrogen and oxygen atoms in total. The summed E-state index contributed by atoms with van der Waals surface area (Å²) in [6.07, 6.45) is -0.200. The second-order valence-corrected chi connectivity index (χ2v) is 3.71. The van der Waals surface area contributed by atoms with Gasteiger partial charge in [0.1, 0.15) is 12.2 Å². The zero-order chi connectivity index (χ0) is 13.0. The molecule has 1 aliphatic heterocycles. The minimum atomic E-state index is -0.700. The molecule has 1 aromatic carbocycles. The first-order chi connectivity index (χ1) is 8.76. The number of nitrogens with one attached hydrogen (secondary N) is 1. The summed E-state index contributed by atoms with van der Waals surface area (Å²) in [5.41, 5.74) is 0.845. The Hall–Kier alpha value is -2.48. The van der Waals surface area contributed by atoms with Crippen molar-refractivity contribution in [2.75, 3.05) is 13.7 Å². The van der Waals surface area contributed by atoms with E-state index in [-0.39, 0.29) is 17.6 Å². The quantitative estimate of drug-likeness (QED) is 0.481. The Morgan fingerprint density at radius 3 is 2.83 bits per heavy atom. The number of nitrogens with zero attached hydrogens (tertiary/aromatic N) is 1. The lowest BCUT2D eigenvalue weighted by molar-refractivity contribution is -0.135. The van der Waals surface area contributed by atoms with Gasteiger partial charge in [-0.3, -0.25) is 0 Å². The summed E-state index contributed by atoms with van der Waals surface area (Å²) in [4.78, 5) is 11.4. The molecular weight excluding hydrogens is 232 g/mol. The molecule has 92 valence electrons. The zero-order valence-corrected chi connectivity index (χ0v) is 9.84. The van der Waals surface area contributed by atoms with Gasteiger partial charge >= 0.3 is 5.97 Å². The summed E-state index contributed by atoms with van der Waals surface area (Å²) >= 11 is 0. The van der Waals surface area contributed by atoms with Crippen molar-refractivity contribution in [3.05, 3.63) is 47.4 Å². The van der Waals surface area contributed by atoms with Gasteiger partial charge in [0, 0.05) is 0 Å². The molecule has 0 radical (unpaired) electrons. The number of hydrogen-bond donors (Lipinski definition) is 1. The largest absolute Gasteiger partial charge is 0.468 e. The number of methoxy groups -OCH3 is 1. The van der Waals surface area contributed by atoms with Crippen LogP contribution in [-0.2, 0) is 14.3 Å². The second kappa shape index (κ2) is 5.23. The molecule has 1 unspecified atom stereocenters. The summed E-state index contributed by atoms with van der Waals surface area (Å²) in [5, 5.41) is 11.8. The Morgan fingerprint density at radius 2 is 2.22 bits per heavy atom. The third kappa shape index (κ3) is 2.28. The Morgan fingerprint density at radius 1 is 1.50 bits per heavy atom. The van der Waals surface area contributed by atoms with E-state index in [1.54, 1.807) is 6.07 Å². The Kier molecular flexibility index (Phi) is 3.49. The topological polar surface area (TPSA) is 71.4 Å². The van der Waals surface area contributed by atoms with Gasteiger partial charge in [0.25, 0.3) is 0 Å². The maximum atomic E-state index is 11.4. The highest BCUT2D eigenvalue weighted by Crippen LogP contribution is 2.25. The first-order valence-electron chi connectivity index (χ1n) is 5.44. The van der Waals surface area contributed by atoms with Crippen LogP contribution >= 0.6 is 0 Å². The van der Waals surface area contributed by atoms with Crippen molar-refractivity contribution in [2.45, 2.75) is 6.10 Å². The zero-order valence-electron chi connectivity index (χ0n) is 9.84. The van der Waals surface area contributed by atoms with Crippen LogP contribution < -0.4 is 5.32 Å². The SMILES string of the molecule is COC(=O)/C(C#N)=C1\NCC(c2ccccc2)O1. The molecule has 2 rings (SSSR count). The highest BCUT2D eigenvalue weighted by molar-refractivity contribution is 5.93. The van der Waals surface area contributed by atoms with Crippen molar-refractivity contribution in [3.8, 4) is 6.07 Å². The van der Waals surface area contributed by atoms with E-state index in [9.17, 15) is 4.79 Å². The van der Waals surface area contributed by atoms with E-state index in [1.807, 2.05) is 30.3 Å². The van der Waals surface area contributed by atoms with Crippen LogP contribution in [0.3, 0.4) is 0 Å². The fraction of sp³-hybridized carbons (Fsp3) is 0.231. The first-order valence-corrected chi connectivity index (χ1v) is 5.44. The van der Waals surface area contributed by atoms with Crippen molar-refractivity contribution in [1.29, 1.82) is 5.26 Å². The van der Waals surface area contributed by atoms with Crippen LogP contribution in [0.4, 0.5) is 0 Å². The van der Waals surface area contributed by atoms with Gasteiger partial charge in [-0.1, -0.05) is 30.3 Å². The molecule has 1 fully saturated rings. The minimum absolute atomic E-state index is 0.143. The highest BCUT2D eigenvalue weighted by Gasteiger charge is 2.27. The normalized spacial score (nSPS) is 20.3. The van der Waals surface area contributed by atoms with Crippen LogP contribution in [0, 0.1) is 11.3 Å². The highest BCUT2D eigenvalue weighted by atomic mass is 16.5. The molecule has 1 N–H and O–H groups in total. The summed E-state index contributed by atoms with van der Waals surface area (Å²) in [5.74, 6) is -0.521. The summed E-state index contributed by atoms with van der Waals surface area (Å²) < 4.78 is 10.1. The monoisotopic (exact) mass is 244 g/mol. The Balaban J connectivity index is 2.20. The van der Waals surface area contributed by atoms with E-state index in [0.29, 0.717) is 6.54 Å². The smallest absolute Gasteiger partial charge is 0.354 e. The van der Waals surface area contributed by atoms with Crippen LogP contribution in [0.25, 0.3) is 0 Å². The third-order valence-corrected chi connectivity index (χ3v) is 2.61. The van der Waals surface area contributed by atoms with Gasteiger partial charge in [0.2, 0.25) is 5.88 Å². The maximum absolute atomic E-state index is 11.4. The summed E-state index contributed by atoms with van der Waals surface area (Å²) in [6, 6.07) is 11.4. The molecule has 1 atom stereocenters. The Labute approximate surface area is 105 Å². The number of carbonyl (C=O) groups is 1. The van der Waals surface area contributed by atoms with Crippen molar-refractivity contribution >= 4 is 5.97 Å². The standard InChI is InChI=1S/C13H12N2O3/c1-17-13(16)10(7-14)12-15-8-11(18-12)9-5-3-2-4-6-9/h2-6,11,15H,8H2,1H3/b12-10+. The molecule has 1 aliphatic rings. The fourth-order valence-electron chi connectivity index (χ4n) is 1.70. The molecule has 0 amide bonds. The van der Waals surface area contributed by atoms with Crippen molar-refractivity contribution in [3.63, 3.8) is 0 Å². The number of carbonyl (C=O) groups excluding carboxylic acids is 1. The van der Waals surface area contributed by atoms with Gasteiger partial charge in [-0.05, 0) is 5.56 Å². The number of esters is 1. The molecule has 0 aliphatic carbocycles. The van der Waals surface area contributed by atoms with Gasteiger partial charge in [0.05, 0.1) is 13.7 Å². The third-order valence-electron chi connectivity index (χ3n) is 2.61. The van der Waals surface area contributed by atoms with E-state index in [4.69, 9.17) is 10.00 Å². The lowest BCUT2D eigenvalue weighted by atomic mass is 10.1. The molecule has 0 spiro atoms. The fourth-order valence-corrected chi connectivity index (χ4v) is 1.70. The van der Waals surface area contributed by atoms with Crippen molar-refractivity contribution in [2.24, 2.45) is 0 Å². The van der Waals surface area contributed by atoms with Crippen LogP contribution in [0.2, 0.25) is 0 Å². The minimum Gasteiger partial charge on any atom is -0.468 e. The predicted molar refractivity (Wildman–Crippen MR) is 62.9 cm³/mol. The van der Waals surface area contributed by atoms with E-state index in [1.165, 1.54) is 7.11 Å². The average molecular weight is 244 g/mol. The number of ether oxygens (including phenoxy) is 2. The number of benzene rings is 1. The Bertz CT molecular complexity index is 517. The number of hydrogen-bond acceptors (Lipinski definition) is 5. The van der Waals surface area contributed by atoms with E-state index in [2.05, 4.69) is 10.1 Å². The van der Waals surface area contributed by atoms with Gasteiger partial charge in [-0.15, -0.1) is 0 Å².